The van der Waals surface area contributed by atoms with Crippen LogP contribution in [0.5, 0.6) is 0 Å². The Hall–Kier alpha value is -3.75. The second kappa shape index (κ2) is 9.48. The lowest BCUT2D eigenvalue weighted by molar-refractivity contribution is -0.129. The van der Waals surface area contributed by atoms with Gasteiger partial charge in [-0.15, -0.1) is 0 Å². The third-order valence-corrected chi connectivity index (χ3v) is 6.59. The van der Waals surface area contributed by atoms with Crippen molar-refractivity contribution in [3.63, 3.8) is 0 Å². The van der Waals surface area contributed by atoms with Crippen LogP contribution in [0, 0.1) is 11.3 Å². The Bertz CT molecular complexity index is 1260. The summed E-state index contributed by atoms with van der Waals surface area (Å²) in [6.07, 6.45) is 5.48. The maximum atomic E-state index is 12.3. The molecule has 182 valence electrons. The van der Waals surface area contributed by atoms with Gasteiger partial charge in [0.2, 0.25) is 11.9 Å². The number of anilines is 3. The third kappa shape index (κ3) is 4.89. The van der Waals surface area contributed by atoms with E-state index in [1.54, 1.807) is 4.90 Å². The van der Waals surface area contributed by atoms with Crippen molar-refractivity contribution in [3.05, 3.63) is 47.8 Å². The fourth-order valence-corrected chi connectivity index (χ4v) is 4.48. The van der Waals surface area contributed by atoms with E-state index in [1.807, 2.05) is 36.3 Å². The van der Waals surface area contributed by atoms with Gasteiger partial charge in [-0.05, 0) is 50.3 Å². The highest BCUT2D eigenvalue weighted by Crippen LogP contribution is 2.44. The van der Waals surface area contributed by atoms with E-state index in [1.165, 1.54) is 6.21 Å². The van der Waals surface area contributed by atoms with E-state index in [2.05, 4.69) is 46.6 Å². The number of rotatable bonds is 8. The summed E-state index contributed by atoms with van der Waals surface area (Å²) >= 11 is 0. The number of fused-ring (bicyclic) bond motifs is 1. The molecule has 1 saturated heterocycles. The Morgan fingerprint density at radius 1 is 1.14 bits per heavy atom. The van der Waals surface area contributed by atoms with Gasteiger partial charge < -0.3 is 25.8 Å². The predicted molar refractivity (Wildman–Crippen MR) is 139 cm³/mol. The topological polar surface area (TPSA) is 110 Å². The maximum absolute atomic E-state index is 12.3. The number of carbonyl (C=O) groups is 1. The van der Waals surface area contributed by atoms with Crippen LogP contribution in [0.3, 0.4) is 0 Å². The number of nitrogens with zero attached hydrogens (tertiary/aromatic N) is 5. The first-order valence-electron chi connectivity index (χ1n) is 12.2. The average molecular weight is 473 g/mol. The average Bonchev–Trinajstić information content (AvgIpc) is 3.69. The molecule has 3 aromatic rings. The summed E-state index contributed by atoms with van der Waals surface area (Å²) in [5.74, 6) is 1.64. The predicted octanol–water partition coefficient (Wildman–Crippen LogP) is 3.68. The van der Waals surface area contributed by atoms with E-state index in [4.69, 9.17) is 10.4 Å². The van der Waals surface area contributed by atoms with Crippen molar-refractivity contribution in [2.45, 2.75) is 38.8 Å². The quantitative estimate of drug-likeness (QED) is 0.429. The Morgan fingerprint density at radius 3 is 2.66 bits per heavy atom. The second-order valence-corrected chi connectivity index (χ2v) is 9.73. The minimum absolute atomic E-state index is 0.0354. The van der Waals surface area contributed by atoms with E-state index in [0.29, 0.717) is 42.2 Å². The van der Waals surface area contributed by atoms with Crippen LogP contribution in [-0.4, -0.2) is 64.7 Å². The molecule has 1 aromatic carbocycles. The Morgan fingerprint density at radius 2 is 1.94 bits per heavy atom. The van der Waals surface area contributed by atoms with Crippen LogP contribution >= 0.6 is 0 Å². The summed E-state index contributed by atoms with van der Waals surface area (Å²) in [7, 11) is 1.81. The zero-order valence-corrected chi connectivity index (χ0v) is 20.5. The molecule has 1 atom stereocenters. The van der Waals surface area contributed by atoms with Gasteiger partial charge in [0, 0.05) is 44.0 Å². The number of likely N-dealkylation sites (N-methyl/N-ethyl adjacent to an activating group) is 1. The summed E-state index contributed by atoms with van der Waals surface area (Å²) in [4.78, 5) is 30.2. The second-order valence-electron chi connectivity index (χ2n) is 9.73. The van der Waals surface area contributed by atoms with E-state index in [9.17, 15) is 4.79 Å². The number of hydrogen-bond acceptors (Lipinski definition) is 8. The van der Waals surface area contributed by atoms with E-state index >= 15 is 0 Å². The molecule has 0 radical (unpaired) electrons. The van der Waals surface area contributed by atoms with Crippen molar-refractivity contribution >= 4 is 40.5 Å². The lowest BCUT2D eigenvalue weighted by atomic mass is 10.0. The molecule has 3 heterocycles. The number of benzene rings is 1. The largest absolute Gasteiger partial charge is 0.378 e. The van der Waals surface area contributed by atoms with Crippen LogP contribution in [0.2, 0.25) is 0 Å². The molecular formula is C26H32N8O. The van der Waals surface area contributed by atoms with Crippen molar-refractivity contribution in [1.29, 1.82) is 5.41 Å². The molecule has 35 heavy (non-hydrogen) atoms. The molecule has 1 aliphatic carbocycles. The van der Waals surface area contributed by atoms with Crippen LogP contribution in [-0.2, 0) is 4.79 Å². The number of hydrogen-bond donors (Lipinski definition) is 3. The zero-order chi connectivity index (χ0) is 24.5. The summed E-state index contributed by atoms with van der Waals surface area (Å²) < 4.78 is 0. The highest BCUT2D eigenvalue weighted by molar-refractivity contribution is 5.89. The van der Waals surface area contributed by atoms with Crippen molar-refractivity contribution in [1.82, 2.24) is 19.9 Å². The number of nitrogens with one attached hydrogen (secondary N) is 3. The Balaban J connectivity index is 1.54. The number of piperazine rings is 1. The SMILES string of the molecule is CC(C)Nc1c(C=N)nc(N2CCN(C)C(=O)C2)nc1N[C@@H](c1cnc2ccccc2c1)C1CC1. The lowest BCUT2D eigenvalue weighted by Gasteiger charge is -2.33. The van der Waals surface area contributed by atoms with Crippen LogP contribution in [0.25, 0.3) is 10.9 Å². The van der Waals surface area contributed by atoms with Crippen molar-refractivity contribution in [2.75, 3.05) is 42.2 Å². The van der Waals surface area contributed by atoms with E-state index < -0.39 is 0 Å². The molecule has 1 aliphatic heterocycles. The van der Waals surface area contributed by atoms with Gasteiger partial charge in [-0.2, -0.15) is 4.98 Å². The normalized spacial score (nSPS) is 17.1. The molecule has 2 aromatic heterocycles. The van der Waals surface area contributed by atoms with Gasteiger partial charge in [0.15, 0.2) is 5.82 Å². The number of carbonyl (C=O) groups excluding carboxylic acids is 1. The molecule has 9 nitrogen and oxygen atoms in total. The standard InChI is InChI=1S/C26H32N8O/c1-16(2)29-24-21(13-27)30-26(34-11-10-33(3)22(35)15-34)32-25(24)31-23(17-8-9-17)19-12-18-6-4-5-7-20(18)28-14-19/h4-7,12-14,16-17,23,27,29H,8-11,15H2,1-3H3,(H,30,31,32)/t23-/m1/s1. The van der Waals surface area contributed by atoms with E-state index in [-0.39, 0.29) is 24.5 Å². The van der Waals surface area contributed by atoms with Gasteiger partial charge in [0.05, 0.1) is 18.1 Å². The zero-order valence-electron chi connectivity index (χ0n) is 20.5. The van der Waals surface area contributed by atoms with Crippen LogP contribution in [0.4, 0.5) is 17.5 Å². The third-order valence-electron chi connectivity index (χ3n) is 6.59. The first-order valence-corrected chi connectivity index (χ1v) is 12.2. The highest BCUT2D eigenvalue weighted by atomic mass is 16.2. The first-order chi connectivity index (χ1) is 16.9. The fraction of sp³-hybridized carbons (Fsp3) is 0.423. The number of aromatic nitrogens is 3. The number of amides is 1. The monoisotopic (exact) mass is 472 g/mol. The Kier molecular flexibility index (Phi) is 6.23. The fourth-order valence-electron chi connectivity index (χ4n) is 4.48. The maximum Gasteiger partial charge on any atom is 0.242 e. The summed E-state index contributed by atoms with van der Waals surface area (Å²) in [5, 5.41) is 16.3. The minimum Gasteiger partial charge on any atom is -0.378 e. The van der Waals surface area contributed by atoms with Crippen molar-refractivity contribution in [2.24, 2.45) is 5.92 Å². The van der Waals surface area contributed by atoms with Crippen molar-refractivity contribution in [3.8, 4) is 0 Å². The van der Waals surface area contributed by atoms with Gasteiger partial charge in [0.25, 0.3) is 0 Å². The number of para-hydroxylation sites is 1. The molecular weight excluding hydrogens is 440 g/mol. The number of pyridine rings is 1. The van der Waals surface area contributed by atoms with Crippen LogP contribution < -0.4 is 15.5 Å². The van der Waals surface area contributed by atoms with Gasteiger partial charge in [-0.1, -0.05) is 18.2 Å². The molecule has 9 heteroatoms. The highest BCUT2D eigenvalue weighted by Gasteiger charge is 2.34. The molecule has 3 N–H and O–H groups in total. The smallest absolute Gasteiger partial charge is 0.242 e. The van der Waals surface area contributed by atoms with Gasteiger partial charge in [0.1, 0.15) is 11.4 Å². The summed E-state index contributed by atoms with van der Waals surface area (Å²) in [6.45, 7) is 5.60. The summed E-state index contributed by atoms with van der Waals surface area (Å²) in [6, 6.07) is 10.5. The summed E-state index contributed by atoms with van der Waals surface area (Å²) in [5.41, 5.74) is 3.30. The molecule has 0 spiro atoms. The molecule has 5 rings (SSSR count). The van der Waals surface area contributed by atoms with Crippen molar-refractivity contribution < 1.29 is 4.79 Å². The molecule has 1 amide bonds. The van der Waals surface area contributed by atoms with Gasteiger partial charge in [-0.25, -0.2) is 4.98 Å². The van der Waals surface area contributed by atoms with Crippen LogP contribution in [0.1, 0.15) is 44.0 Å². The molecule has 0 bridgehead atoms. The minimum atomic E-state index is 0.0354. The molecule has 2 aliphatic rings. The molecule has 2 fully saturated rings. The van der Waals surface area contributed by atoms with Gasteiger partial charge in [-0.3, -0.25) is 9.78 Å². The van der Waals surface area contributed by atoms with E-state index in [0.717, 1.165) is 29.3 Å². The molecule has 0 unspecified atom stereocenters. The first kappa shape index (κ1) is 23.0. The Labute approximate surface area is 205 Å². The molecule has 1 saturated carbocycles. The van der Waals surface area contributed by atoms with Gasteiger partial charge >= 0.3 is 0 Å². The lowest BCUT2D eigenvalue weighted by Crippen LogP contribution is -2.49. The van der Waals surface area contributed by atoms with Crippen LogP contribution in [0.15, 0.2) is 36.5 Å².